The molecule has 0 bridgehead atoms. The van der Waals surface area contributed by atoms with Gasteiger partial charge < -0.3 is 0 Å². The van der Waals surface area contributed by atoms with E-state index in [-0.39, 0.29) is 5.92 Å². The SMILES string of the molecule is CC1=Cc2ccccc2[C@@H]1C1(F)C=CC=C2C1=CC(C)=C2[SiH](C)C. The molecule has 2 atom stereocenters. The second-order valence-electron chi connectivity index (χ2n) is 7.47. The zero-order chi connectivity index (χ0) is 17.1. The molecule has 3 aliphatic carbocycles. The maximum Gasteiger partial charge on any atom is 0.165 e. The lowest BCUT2D eigenvalue weighted by molar-refractivity contribution is 0.252. The number of allylic oxidation sites excluding steroid dienone is 9. The van der Waals surface area contributed by atoms with Crippen molar-refractivity contribution in [3.63, 3.8) is 0 Å². The van der Waals surface area contributed by atoms with Crippen LogP contribution < -0.4 is 0 Å². The molecule has 0 saturated heterocycles. The zero-order valence-electron chi connectivity index (χ0n) is 14.7. The molecular formula is C22H23FSi. The Kier molecular flexibility index (Phi) is 3.43. The Bertz CT molecular complexity index is 879. The summed E-state index contributed by atoms with van der Waals surface area (Å²) in [6.45, 7) is 8.85. The van der Waals surface area contributed by atoms with Gasteiger partial charge in [-0.2, -0.15) is 0 Å². The van der Waals surface area contributed by atoms with Gasteiger partial charge in [-0.05, 0) is 36.6 Å². The average molecular weight is 335 g/mol. The van der Waals surface area contributed by atoms with E-state index in [0.717, 1.165) is 27.8 Å². The molecule has 0 heterocycles. The molecule has 0 N–H and O–H groups in total. The first-order valence-corrected chi connectivity index (χ1v) is 11.6. The predicted molar refractivity (Wildman–Crippen MR) is 104 cm³/mol. The third-order valence-electron chi connectivity index (χ3n) is 5.52. The first-order chi connectivity index (χ1) is 11.4. The van der Waals surface area contributed by atoms with Crippen molar-refractivity contribution in [1.82, 2.24) is 0 Å². The molecule has 3 aliphatic rings. The normalized spacial score (nSPS) is 27.9. The Morgan fingerprint density at radius 3 is 2.58 bits per heavy atom. The van der Waals surface area contributed by atoms with E-state index in [1.54, 1.807) is 6.08 Å². The van der Waals surface area contributed by atoms with Crippen LogP contribution in [0.5, 0.6) is 0 Å². The highest BCUT2D eigenvalue weighted by Gasteiger charge is 2.48. The van der Waals surface area contributed by atoms with Crippen molar-refractivity contribution in [2.75, 3.05) is 0 Å². The third kappa shape index (κ3) is 2.02. The number of hydrogen-bond acceptors (Lipinski definition) is 0. The van der Waals surface area contributed by atoms with Crippen LogP contribution in [0.15, 0.2) is 76.1 Å². The number of halogens is 1. The number of benzene rings is 1. The predicted octanol–water partition coefficient (Wildman–Crippen LogP) is 5.67. The van der Waals surface area contributed by atoms with Crippen LogP contribution in [0, 0.1) is 0 Å². The van der Waals surface area contributed by atoms with Crippen LogP contribution in [-0.2, 0) is 0 Å². The van der Waals surface area contributed by atoms with E-state index in [9.17, 15) is 0 Å². The largest absolute Gasteiger partial charge is 0.233 e. The summed E-state index contributed by atoms with van der Waals surface area (Å²) < 4.78 is 16.5. The van der Waals surface area contributed by atoms with Gasteiger partial charge in [0.25, 0.3) is 0 Å². The topological polar surface area (TPSA) is 0 Å². The van der Waals surface area contributed by atoms with Crippen molar-refractivity contribution in [2.45, 2.75) is 38.5 Å². The molecule has 24 heavy (non-hydrogen) atoms. The maximum atomic E-state index is 16.5. The van der Waals surface area contributed by atoms with E-state index in [2.05, 4.69) is 57.3 Å². The summed E-state index contributed by atoms with van der Waals surface area (Å²) in [7, 11) is -1.01. The van der Waals surface area contributed by atoms with E-state index in [1.807, 2.05) is 18.2 Å². The Labute approximate surface area is 145 Å². The standard InChI is InChI=1S/C22H23FSi/c1-14-12-16-8-5-6-9-17(16)20(14)22(23)11-7-10-18-19(22)13-15(2)21(18)24(3)4/h5-13,20,24H,1-4H3/t20-,22?/m1/s1. The highest BCUT2D eigenvalue weighted by molar-refractivity contribution is 6.65. The number of fused-ring (bicyclic) bond motifs is 2. The van der Waals surface area contributed by atoms with Crippen LogP contribution in [0.4, 0.5) is 4.39 Å². The lowest BCUT2D eigenvalue weighted by Crippen LogP contribution is -2.34. The van der Waals surface area contributed by atoms with Crippen LogP contribution in [0.1, 0.15) is 30.9 Å². The van der Waals surface area contributed by atoms with Gasteiger partial charge in [0.05, 0.1) is 8.80 Å². The van der Waals surface area contributed by atoms with Gasteiger partial charge in [0.1, 0.15) is 0 Å². The van der Waals surface area contributed by atoms with Gasteiger partial charge in [-0.1, -0.05) is 78.0 Å². The fourth-order valence-electron chi connectivity index (χ4n) is 4.66. The van der Waals surface area contributed by atoms with Gasteiger partial charge in [0.15, 0.2) is 5.67 Å². The summed E-state index contributed by atoms with van der Waals surface area (Å²) in [5.41, 5.74) is 5.20. The molecule has 0 aliphatic heterocycles. The molecule has 1 unspecified atom stereocenters. The molecule has 0 amide bonds. The smallest absolute Gasteiger partial charge is 0.165 e. The summed E-state index contributed by atoms with van der Waals surface area (Å²) in [5.74, 6) is -0.221. The fraction of sp³-hybridized carbons (Fsp3) is 0.273. The van der Waals surface area contributed by atoms with Crippen LogP contribution in [0.2, 0.25) is 13.1 Å². The van der Waals surface area contributed by atoms with Crippen LogP contribution in [-0.4, -0.2) is 14.5 Å². The van der Waals surface area contributed by atoms with Crippen molar-refractivity contribution in [3.05, 3.63) is 87.2 Å². The monoisotopic (exact) mass is 334 g/mol. The Hall–Kier alpha value is -1.93. The minimum absolute atomic E-state index is 0.221. The van der Waals surface area contributed by atoms with Gasteiger partial charge >= 0.3 is 0 Å². The highest BCUT2D eigenvalue weighted by atomic mass is 28.3. The average Bonchev–Trinajstić information content (AvgIpc) is 3.04. The highest BCUT2D eigenvalue weighted by Crippen LogP contribution is 2.54. The van der Waals surface area contributed by atoms with E-state index < -0.39 is 14.5 Å². The molecule has 122 valence electrons. The first-order valence-electron chi connectivity index (χ1n) is 8.72. The van der Waals surface area contributed by atoms with Crippen molar-refractivity contribution in [1.29, 1.82) is 0 Å². The third-order valence-corrected chi connectivity index (χ3v) is 7.44. The van der Waals surface area contributed by atoms with Gasteiger partial charge in [-0.25, -0.2) is 4.39 Å². The first kappa shape index (κ1) is 15.6. The number of hydrogen-bond donors (Lipinski definition) is 0. The van der Waals surface area contributed by atoms with Crippen LogP contribution >= 0.6 is 0 Å². The quantitative estimate of drug-likeness (QED) is 0.611. The summed E-state index contributed by atoms with van der Waals surface area (Å²) >= 11 is 0. The van der Waals surface area contributed by atoms with Crippen LogP contribution in [0.3, 0.4) is 0 Å². The van der Waals surface area contributed by atoms with Gasteiger partial charge in [-0.15, -0.1) is 0 Å². The van der Waals surface area contributed by atoms with Crippen molar-refractivity contribution in [3.8, 4) is 0 Å². The van der Waals surface area contributed by atoms with Crippen molar-refractivity contribution >= 4 is 14.9 Å². The summed E-state index contributed by atoms with van der Waals surface area (Å²) in [6, 6.07) is 8.21. The molecule has 0 radical (unpaired) electrons. The molecule has 1 aromatic carbocycles. The maximum absolute atomic E-state index is 16.5. The minimum atomic E-state index is -1.45. The molecule has 4 rings (SSSR count). The molecule has 0 saturated carbocycles. The fourth-order valence-corrected chi connectivity index (χ4v) is 6.52. The second kappa shape index (κ2) is 5.28. The van der Waals surface area contributed by atoms with E-state index in [0.29, 0.717) is 0 Å². The molecule has 2 heteroatoms. The van der Waals surface area contributed by atoms with Crippen molar-refractivity contribution in [2.24, 2.45) is 0 Å². The van der Waals surface area contributed by atoms with Gasteiger partial charge in [-0.3, -0.25) is 0 Å². The van der Waals surface area contributed by atoms with E-state index in [1.165, 1.54) is 10.8 Å². The summed E-state index contributed by atoms with van der Waals surface area (Å²) in [5, 5.41) is 1.42. The lowest BCUT2D eigenvalue weighted by Gasteiger charge is -2.35. The molecule has 0 spiro atoms. The number of rotatable bonds is 2. The summed E-state index contributed by atoms with van der Waals surface area (Å²) in [6.07, 6.45) is 10.1. The zero-order valence-corrected chi connectivity index (χ0v) is 15.9. The van der Waals surface area contributed by atoms with E-state index >= 15 is 4.39 Å². The Morgan fingerprint density at radius 2 is 1.83 bits per heavy atom. The van der Waals surface area contributed by atoms with Gasteiger partial charge in [0, 0.05) is 11.5 Å². The molecule has 1 aromatic rings. The molecule has 0 aromatic heterocycles. The molecule has 0 nitrogen and oxygen atoms in total. The molecular weight excluding hydrogens is 311 g/mol. The number of alkyl halides is 1. The van der Waals surface area contributed by atoms with Crippen LogP contribution in [0.25, 0.3) is 6.08 Å². The van der Waals surface area contributed by atoms with Gasteiger partial charge in [0.2, 0.25) is 0 Å². The van der Waals surface area contributed by atoms with Crippen molar-refractivity contribution < 1.29 is 4.39 Å². The van der Waals surface area contributed by atoms with E-state index in [4.69, 9.17) is 0 Å². The Balaban J connectivity index is 1.84. The second-order valence-corrected chi connectivity index (χ2v) is 10.4. The lowest BCUT2D eigenvalue weighted by atomic mass is 9.73. The molecule has 0 fully saturated rings. The minimum Gasteiger partial charge on any atom is -0.233 e. The Morgan fingerprint density at radius 1 is 1.08 bits per heavy atom. The summed E-state index contributed by atoms with van der Waals surface area (Å²) in [4.78, 5) is 0.